The lowest BCUT2D eigenvalue weighted by Gasteiger charge is -2.13. The van der Waals surface area contributed by atoms with Gasteiger partial charge in [0.15, 0.2) is 0 Å². The Morgan fingerprint density at radius 3 is 2.81 bits per heavy atom. The number of nitrogens with zero attached hydrogens (tertiary/aromatic N) is 1. The number of anilines is 1. The van der Waals surface area contributed by atoms with Crippen LogP contribution in [0.15, 0.2) is 36.5 Å². The van der Waals surface area contributed by atoms with Crippen LogP contribution < -0.4 is 14.8 Å². The summed E-state index contributed by atoms with van der Waals surface area (Å²) in [6.45, 7) is 3.22. The van der Waals surface area contributed by atoms with E-state index >= 15 is 0 Å². The highest BCUT2D eigenvalue weighted by Gasteiger charge is 2.06. The van der Waals surface area contributed by atoms with Crippen LogP contribution in [0.2, 0.25) is 0 Å². The number of alkyl halides is 1. The number of rotatable bonds is 7. The average molecular weight is 307 g/mol. The highest BCUT2D eigenvalue weighted by Crippen LogP contribution is 2.25. The highest BCUT2D eigenvalue weighted by molar-refractivity contribution is 6.17. The van der Waals surface area contributed by atoms with Crippen molar-refractivity contribution in [1.82, 2.24) is 4.98 Å². The topological polar surface area (TPSA) is 43.4 Å². The minimum Gasteiger partial charge on any atom is -0.494 e. The molecule has 0 saturated carbocycles. The van der Waals surface area contributed by atoms with Crippen molar-refractivity contribution in [3.05, 3.63) is 47.7 Å². The molecule has 0 radical (unpaired) electrons. The largest absolute Gasteiger partial charge is 0.494 e. The molecule has 1 aromatic heterocycles. The van der Waals surface area contributed by atoms with Crippen LogP contribution in [0.5, 0.6) is 11.6 Å². The maximum atomic E-state index is 5.97. The summed E-state index contributed by atoms with van der Waals surface area (Å²) in [5, 5.41) is 3.35. The molecule has 112 valence electrons. The Labute approximate surface area is 130 Å². The molecule has 0 aliphatic rings. The first-order valence-corrected chi connectivity index (χ1v) is 7.35. The minimum atomic E-state index is 0.418. The van der Waals surface area contributed by atoms with E-state index in [0.29, 0.717) is 24.9 Å². The number of hydrogen-bond acceptors (Lipinski definition) is 4. The van der Waals surface area contributed by atoms with Crippen LogP contribution in [0.1, 0.15) is 18.1 Å². The molecule has 0 amide bonds. The van der Waals surface area contributed by atoms with E-state index in [2.05, 4.69) is 10.3 Å². The van der Waals surface area contributed by atoms with Gasteiger partial charge in [0.1, 0.15) is 5.75 Å². The third kappa shape index (κ3) is 4.02. The van der Waals surface area contributed by atoms with E-state index in [1.807, 2.05) is 37.3 Å². The van der Waals surface area contributed by atoms with Gasteiger partial charge in [-0.15, -0.1) is 11.6 Å². The van der Waals surface area contributed by atoms with E-state index < -0.39 is 0 Å². The van der Waals surface area contributed by atoms with E-state index in [1.54, 1.807) is 13.3 Å². The molecule has 0 unspecified atom stereocenters. The Balaban J connectivity index is 2.09. The second-order valence-electron chi connectivity index (χ2n) is 4.41. The first-order valence-electron chi connectivity index (χ1n) is 6.82. The van der Waals surface area contributed by atoms with Crippen LogP contribution in [-0.4, -0.2) is 18.7 Å². The number of halogens is 1. The molecular weight excluding hydrogens is 288 g/mol. The lowest BCUT2D eigenvalue weighted by Crippen LogP contribution is -2.03. The summed E-state index contributed by atoms with van der Waals surface area (Å²) in [5.41, 5.74) is 2.96. The molecule has 1 aromatic carbocycles. The van der Waals surface area contributed by atoms with Gasteiger partial charge in [0.2, 0.25) is 5.88 Å². The van der Waals surface area contributed by atoms with Crippen molar-refractivity contribution >= 4 is 17.3 Å². The van der Waals surface area contributed by atoms with Crippen LogP contribution in [0.25, 0.3) is 0 Å². The zero-order valence-corrected chi connectivity index (χ0v) is 13.0. The smallest absolute Gasteiger partial charge is 0.218 e. The summed E-state index contributed by atoms with van der Waals surface area (Å²) in [4.78, 5) is 4.18. The molecule has 0 aliphatic carbocycles. The molecule has 4 nitrogen and oxygen atoms in total. The number of nitrogens with one attached hydrogen (secondary N) is 1. The fourth-order valence-electron chi connectivity index (χ4n) is 2.03. The van der Waals surface area contributed by atoms with Crippen LogP contribution in [-0.2, 0) is 12.4 Å². The zero-order valence-electron chi connectivity index (χ0n) is 12.2. The number of methoxy groups -OCH3 is 1. The number of hydrogen-bond donors (Lipinski definition) is 1. The Hall–Kier alpha value is -1.94. The zero-order chi connectivity index (χ0) is 15.1. The van der Waals surface area contributed by atoms with Crippen molar-refractivity contribution in [3.8, 4) is 11.6 Å². The highest BCUT2D eigenvalue weighted by atomic mass is 35.5. The predicted molar refractivity (Wildman–Crippen MR) is 85.3 cm³/mol. The normalized spacial score (nSPS) is 10.2. The lowest BCUT2D eigenvalue weighted by atomic mass is 10.2. The van der Waals surface area contributed by atoms with Crippen LogP contribution in [0.3, 0.4) is 0 Å². The van der Waals surface area contributed by atoms with Crippen molar-refractivity contribution in [3.63, 3.8) is 0 Å². The summed E-state index contributed by atoms with van der Waals surface area (Å²) in [6.07, 6.45) is 1.71. The predicted octanol–water partition coefficient (Wildman–Crippen LogP) is 3.84. The third-order valence-corrected chi connectivity index (χ3v) is 3.32. The monoisotopic (exact) mass is 306 g/mol. The molecule has 0 saturated heterocycles. The van der Waals surface area contributed by atoms with Crippen LogP contribution in [0, 0.1) is 0 Å². The van der Waals surface area contributed by atoms with Crippen molar-refractivity contribution in [2.45, 2.75) is 19.3 Å². The van der Waals surface area contributed by atoms with Crippen molar-refractivity contribution in [1.29, 1.82) is 0 Å². The van der Waals surface area contributed by atoms with E-state index in [4.69, 9.17) is 21.1 Å². The molecule has 1 N–H and O–H groups in total. The SMILES string of the molecule is CCOc1ccc(NCc2cccnc2OC)cc1CCl. The Morgan fingerprint density at radius 2 is 2.10 bits per heavy atom. The Morgan fingerprint density at radius 1 is 1.24 bits per heavy atom. The molecule has 0 bridgehead atoms. The number of ether oxygens (including phenoxy) is 2. The van der Waals surface area contributed by atoms with Gasteiger partial charge in [-0.2, -0.15) is 0 Å². The maximum absolute atomic E-state index is 5.97. The van der Waals surface area contributed by atoms with Crippen LogP contribution >= 0.6 is 11.6 Å². The van der Waals surface area contributed by atoms with Gasteiger partial charge in [0.25, 0.3) is 0 Å². The maximum Gasteiger partial charge on any atom is 0.218 e. The van der Waals surface area contributed by atoms with E-state index in [1.165, 1.54) is 0 Å². The second-order valence-corrected chi connectivity index (χ2v) is 4.68. The number of aromatic nitrogens is 1. The van der Waals surface area contributed by atoms with Crippen molar-refractivity contribution < 1.29 is 9.47 Å². The summed E-state index contributed by atoms with van der Waals surface area (Å²) >= 11 is 5.97. The third-order valence-electron chi connectivity index (χ3n) is 3.03. The lowest BCUT2D eigenvalue weighted by molar-refractivity contribution is 0.337. The van der Waals surface area contributed by atoms with Gasteiger partial charge in [-0.25, -0.2) is 4.98 Å². The van der Waals surface area contributed by atoms with E-state index in [9.17, 15) is 0 Å². The van der Waals surface area contributed by atoms with Gasteiger partial charge >= 0.3 is 0 Å². The van der Waals surface area contributed by atoms with Gasteiger partial charge in [-0.05, 0) is 31.2 Å². The van der Waals surface area contributed by atoms with E-state index in [0.717, 1.165) is 22.6 Å². The molecule has 1 heterocycles. The standard InChI is InChI=1S/C16H19ClN2O2/c1-3-21-15-7-6-14(9-13(15)10-17)19-11-12-5-4-8-18-16(12)20-2/h4-9,19H,3,10-11H2,1-2H3. The number of pyridine rings is 1. The quantitative estimate of drug-likeness (QED) is 0.789. The van der Waals surface area contributed by atoms with Crippen LogP contribution in [0.4, 0.5) is 5.69 Å². The molecular formula is C16H19ClN2O2. The van der Waals surface area contributed by atoms with E-state index in [-0.39, 0.29) is 0 Å². The van der Waals surface area contributed by atoms with Crippen molar-refractivity contribution in [2.24, 2.45) is 0 Å². The van der Waals surface area contributed by atoms with Gasteiger partial charge < -0.3 is 14.8 Å². The first-order chi connectivity index (χ1) is 10.3. The van der Waals surface area contributed by atoms with Gasteiger partial charge in [-0.3, -0.25) is 0 Å². The molecule has 0 atom stereocenters. The molecule has 5 heteroatoms. The molecule has 0 spiro atoms. The molecule has 0 aliphatic heterocycles. The van der Waals surface area contributed by atoms with Gasteiger partial charge in [0.05, 0.1) is 19.6 Å². The fourth-order valence-corrected chi connectivity index (χ4v) is 2.24. The van der Waals surface area contributed by atoms with Crippen molar-refractivity contribution in [2.75, 3.05) is 19.0 Å². The second kappa shape index (κ2) is 7.74. The van der Waals surface area contributed by atoms with Gasteiger partial charge in [0, 0.05) is 29.6 Å². The molecule has 0 fully saturated rings. The summed E-state index contributed by atoms with van der Waals surface area (Å²) in [6, 6.07) is 9.78. The average Bonchev–Trinajstić information content (AvgIpc) is 2.54. The summed E-state index contributed by atoms with van der Waals surface area (Å²) in [7, 11) is 1.62. The fraction of sp³-hybridized carbons (Fsp3) is 0.312. The summed E-state index contributed by atoms with van der Waals surface area (Å²) in [5.74, 6) is 1.88. The first kappa shape index (κ1) is 15.4. The molecule has 21 heavy (non-hydrogen) atoms. The minimum absolute atomic E-state index is 0.418. The molecule has 2 aromatic rings. The molecule has 2 rings (SSSR count). The summed E-state index contributed by atoms with van der Waals surface area (Å²) < 4.78 is 10.8. The Bertz CT molecular complexity index is 590. The van der Waals surface area contributed by atoms with Gasteiger partial charge in [-0.1, -0.05) is 6.07 Å². The number of benzene rings is 1. The Kier molecular flexibility index (Phi) is 5.69.